The first-order valence-corrected chi connectivity index (χ1v) is 8.31. The van der Waals surface area contributed by atoms with Crippen LogP contribution in [0.3, 0.4) is 0 Å². The van der Waals surface area contributed by atoms with Crippen LogP contribution in [0.4, 0.5) is 4.39 Å². The van der Waals surface area contributed by atoms with Crippen molar-refractivity contribution in [1.82, 2.24) is 15.5 Å². The van der Waals surface area contributed by atoms with Crippen molar-refractivity contribution in [3.05, 3.63) is 35.6 Å². The van der Waals surface area contributed by atoms with Gasteiger partial charge in [0.05, 0.1) is 11.5 Å². The lowest BCUT2D eigenvalue weighted by molar-refractivity contribution is -0.132. The summed E-state index contributed by atoms with van der Waals surface area (Å²) in [6.07, 6.45) is 0.199. The van der Waals surface area contributed by atoms with E-state index in [-0.39, 0.29) is 48.3 Å². The summed E-state index contributed by atoms with van der Waals surface area (Å²) in [7, 11) is 0. The molecule has 1 aromatic carbocycles. The van der Waals surface area contributed by atoms with Gasteiger partial charge in [-0.2, -0.15) is 0 Å². The molecule has 2 N–H and O–H groups in total. The second kappa shape index (κ2) is 7.63. The normalized spacial score (nSPS) is 17.5. The van der Waals surface area contributed by atoms with Crippen molar-refractivity contribution in [2.24, 2.45) is 5.92 Å². The minimum absolute atomic E-state index is 0.0273. The molecule has 0 aliphatic carbocycles. The van der Waals surface area contributed by atoms with Crippen LogP contribution in [0.25, 0.3) is 0 Å². The predicted octanol–water partition coefficient (Wildman–Crippen LogP) is 1.32. The Bertz CT molecular complexity index is 670. The summed E-state index contributed by atoms with van der Waals surface area (Å²) in [6, 6.07) is 5.71. The highest BCUT2D eigenvalue weighted by Crippen LogP contribution is 2.25. The smallest absolute Gasteiger partial charge is 0.254 e. The standard InChI is InChI=1S/C18H24FN3O3/c1-18(2,3)22-11-12(10-15(22)23)16(24)20-8-9-21-17(25)13-6-4-5-7-14(13)19/h4-7,12H,8-11H2,1-3H3,(H,20,24)(H,21,25). The van der Waals surface area contributed by atoms with Gasteiger partial charge < -0.3 is 15.5 Å². The summed E-state index contributed by atoms with van der Waals surface area (Å²) < 4.78 is 13.5. The van der Waals surface area contributed by atoms with Gasteiger partial charge in [-0.15, -0.1) is 0 Å². The van der Waals surface area contributed by atoms with Crippen molar-refractivity contribution in [2.75, 3.05) is 19.6 Å². The lowest BCUT2D eigenvalue weighted by Gasteiger charge is -2.31. The zero-order chi connectivity index (χ0) is 18.6. The van der Waals surface area contributed by atoms with E-state index in [1.165, 1.54) is 18.2 Å². The molecule has 2 rings (SSSR count). The van der Waals surface area contributed by atoms with Gasteiger partial charge >= 0.3 is 0 Å². The topological polar surface area (TPSA) is 78.5 Å². The monoisotopic (exact) mass is 349 g/mol. The first-order chi connectivity index (χ1) is 11.7. The highest BCUT2D eigenvalue weighted by molar-refractivity contribution is 5.94. The third-order valence-electron chi connectivity index (χ3n) is 4.13. The lowest BCUT2D eigenvalue weighted by Crippen LogP contribution is -2.43. The summed E-state index contributed by atoms with van der Waals surface area (Å²) >= 11 is 0. The average Bonchev–Trinajstić information content (AvgIpc) is 2.94. The maximum absolute atomic E-state index is 13.5. The maximum Gasteiger partial charge on any atom is 0.254 e. The summed E-state index contributed by atoms with van der Waals surface area (Å²) in [4.78, 5) is 37.7. The SMILES string of the molecule is CC(C)(C)N1CC(C(=O)NCCNC(=O)c2ccccc2F)CC1=O. The van der Waals surface area contributed by atoms with E-state index in [0.717, 1.165) is 0 Å². The van der Waals surface area contributed by atoms with Gasteiger partial charge in [0.15, 0.2) is 0 Å². The molecule has 6 nitrogen and oxygen atoms in total. The van der Waals surface area contributed by atoms with Crippen molar-refractivity contribution in [3.63, 3.8) is 0 Å². The van der Waals surface area contributed by atoms with Crippen LogP contribution in [-0.2, 0) is 9.59 Å². The van der Waals surface area contributed by atoms with E-state index >= 15 is 0 Å². The highest BCUT2D eigenvalue weighted by atomic mass is 19.1. The zero-order valence-electron chi connectivity index (χ0n) is 14.8. The van der Waals surface area contributed by atoms with Crippen LogP contribution in [-0.4, -0.2) is 47.8 Å². The molecule has 0 aromatic heterocycles. The molecule has 1 aliphatic rings. The van der Waals surface area contributed by atoms with E-state index in [1.807, 2.05) is 20.8 Å². The molecule has 1 saturated heterocycles. The number of hydrogen-bond acceptors (Lipinski definition) is 3. The Morgan fingerprint density at radius 2 is 1.84 bits per heavy atom. The van der Waals surface area contributed by atoms with Crippen molar-refractivity contribution in [3.8, 4) is 0 Å². The van der Waals surface area contributed by atoms with Crippen molar-refractivity contribution in [2.45, 2.75) is 32.7 Å². The van der Waals surface area contributed by atoms with E-state index in [1.54, 1.807) is 11.0 Å². The molecule has 0 spiro atoms. The Hall–Kier alpha value is -2.44. The number of amides is 3. The van der Waals surface area contributed by atoms with Crippen LogP contribution in [0.5, 0.6) is 0 Å². The maximum atomic E-state index is 13.5. The molecule has 1 unspecified atom stereocenters. The van der Waals surface area contributed by atoms with E-state index < -0.39 is 11.7 Å². The van der Waals surface area contributed by atoms with Crippen LogP contribution in [0.15, 0.2) is 24.3 Å². The van der Waals surface area contributed by atoms with Gasteiger partial charge in [-0.25, -0.2) is 4.39 Å². The van der Waals surface area contributed by atoms with Crippen LogP contribution >= 0.6 is 0 Å². The second-order valence-corrected chi connectivity index (χ2v) is 7.10. The fourth-order valence-electron chi connectivity index (χ4n) is 2.78. The number of benzene rings is 1. The van der Waals surface area contributed by atoms with E-state index in [0.29, 0.717) is 6.54 Å². The van der Waals surface area contributed by atoms with E-state index in [4.69, 9.17) is 0 Å². The Labute approximate surface area is 146 Å². The summed E-state index contributed by atoms with van der Waals surface area (Å²) in [5.41, 5.74) is -0.337. The molecular weight excluding hydrogens is 325 g/mol. The molecule has 0 radical (unpaired) electrons. The van der Waals surface area contributed by atoms with E-state index in [9.17, 15) is 18.8 Å². The van der Waals surface area contributed by atoms with Gasteiger partial charge in [-0.05, 0) is 32.9 Å². The van der Waals surface area contributed by atoms with Crippen molar-refractivity contribution < 1.29 is 18.8 Å². The van der Waals surface area contributed by atoms with Gasteiger partial charge in [0.25, 0.3) is 5.91 Å². The van der Waals surface area contributed by atoms with E-state index in [2.05, 4.69) is 10.6 Å². The van der Waals surface area contributed by atoms with Crippen molar-refractivity contribution >= 4 is 17.7 Å². The number of carbonyl (C=O) groups excluding carboxylic acids is 3. The fraction of sp³-hybridized carbons (Fsp3) is 0.500. The average molecular weight is 349 g/mol. The minimum atomic E-state index is -0.587. The molecular formula is C18H24FN3O3. The summed E-state index contributed by atoms with van der Waals surface area (Å²) in [5.74, 6) is -1.73. The molecule has 3 amide bonds. The number of carbonyl (C=O) groups is 3. The first kappa shape index (κ1) is 18.9. The predicted molar refractivity (Wildman–Crippen MR) is 91.3 cm³/mol. The number of rotatable bonds is 5. The minimum Gasteiger partial charge on any atom is -0.354 e. The van der Waals surface area contributed by atoms with Gasteiger partial charge in [0, 0.05) is 31.6 Å². The molecule has 1 heterocycles. The first-order valence-electron chi connectivity index (χ1n) is 8.31. The molecule has 1 atom stereocenters. The third kappa shape index (κ3) is 4.78. The van der Waals surface area contributed by atoms with Crippen LogP contribution in [0.2, 0.25) is 0 Å². The zero-order valence-corrected chi connectivity index (χ0v) is 14.8. The molecule has 7 heteroatoms. The van der Waals surface area contributed by atoms with Gasteiger partial charge in [0.1, 0.15) is 5.82 Å². The van der Waals surface area contributed by atoms with Gasteiger partial charge in [0.2, 0.25) is 11.8 Å². The summed E-state index contributed by atoms with van der Waals surface area (Å²) in [6.45, 7) is 6.60. The fourth-order valence-corrected chi connectivity index (χ4v) is 2.78. The summed E-state index contributed by atoms with van der Waals surface area (Å²) in [5, 5.41) is 5.27. The van der Waals surface area contributed by atoms with Gasteiger partial charge in [-0.3, -0.25) is 14.4 Å². The molecule has 136 valence electrons. The molecule has 0 saturated carbocycles. The third-order valence-corrected chi connectivity index (χ3v) is 4.13. The molecule has 1 aromatic rings. The lowest BCUT2D eigenvalue weighted by atomic mass is 10.1. The van der Waals surface area contributed by atoms with Crippen LogP contribution in [0, 0.1) is 11.7 Å². The number of likely N-dealkylation sites (tertiary alicyclic amines) is 1. The molecule has 25 heavy (non-hydrogen) atoms. The Morgan fingerprint density at radius 3 is 2.44 bits per heavy atom. The van der Waals surface area contributed by atoms with Crippen LogP contribution in [0.1, 0.15) is 37.6 Å². The number of halogens is 1. The second-order valence-electron chi connectivity index (χ2n) is 7.10. The Balaban J connectivity index is 1.75. The van der Waals surface area contributed by atoms with Gasteiger partial charge in [-0.1, -0.05) is 12.1 Å². The molecule has 0 bridgehead atoms. The quantitative estimate of drug-likeness (QED) is 0.787. The number of hydrogen-bond donors (Lipinski definition) is 2. The van der Waals surface area contributed by atoms with Crippen molar-refractivity contribution in [1.29, 1.82) is 0 Å². The molecule has 1 aliphatic heterocycles. The largest absolute Gasteiger partial charge is 0.354 e. The number of nitrogens with one attached hydrogen (secondary N) is 2. The number of nitrogens with zero attached hydrogens (tertiary/aromatic N) is 1. The Morgan fingerprint density at radius 1 is 1.20 bits per heavy atom. The Kier molecular flexibility index (Phi) is 5.77. The molecule has 1 fully saturated rings. The highest BCUT2D eigenvalue weighted by Gasteiger charge is 2.39. The van der Waals surface area contributed by atoms with Crippen LogP contribution < -0.4 is 10.6 Å².